The molecule has 6 nitrogen and oxygen atoms in total. The molecule has 0 saturated heterocycles. The third-order valence-corrected chi connectivity index (χ3v) is 3.72. The van der Waals surface area contributed by atoms with E-state index in [1.165, 1.54) is 0 Å². The maximum atomic E-state index is 12.5. The van der Waals surface area contributed by atoms with E-state index in [9.17, 15) is 4.79 Å². The lowest BCUT2D eigenvalue weighted by Gasteiger charge is -2.15. The molecular weight excluding hydrogens is 302 g/mol. The molecule has 0 bridgehead atoms. The van der Waals surface area contributed by atoms with E-state index >= 15 is 0 Å². The van der Waals surface area contributed by atoms with Gasteiger partial charge in [0.05, 0.1) is 30.3 Å². The standard InChI is InChI=1S/C15H10ClN5O/c16-13-4-3-12(7-18-13)21-9-10-8-20(15(22)14(10)19-21)11-2-1-5-17-6-11/h1-7,9H,8H2. The molecule has 1 amide bonds. The molecule has 0 radical (unpaired) electrons. The molecule has 0 unspecified atom stereocenters. The third-order valence-electron chi connectivity index (χ3n) is 3.50. The van der Waals surface area contributed by atoms with Crippen LogP contribution in [-0.2, 0) is 6.54 Å². The maximum Gasteiger partial charge on any atom is 0.279 e. The van der Waals surface area contributed by atoms with E-state index in [2.05, 4.69) is 15.1 Å². The molecule has 1 aliphatic heterocycles. The Morgan fingerprint density at radius 3 is 2.73 bits per heavy atom. The Hall–Kier alpha value is -2.73. The minimum Gasteiger partial charge on any atom is -0.301 e. The summed E-state index contributed by atoms with van der Waals surface area (Å²) < 4.78 is 1.65. The normalized spacial score (nSPS) is 13.5. The van der Waals surface area contributed by atoms with Crippen molar-refractivity contribution < 1.29 is 4.79 Å². The largest absolute Gasteiger partial charge is 0.301 e. The number of pyridine rings is 2. The number of nitrogens with zero attached hydrogens (tertiary/aromatic N) is 5. The molecule has 0 atom stereocenters. The van der Waals surface area contributed by atoms with E-state index in [0.717, 1.165) is 16.9 Å². The zero-order valence-corrected chi connectivity index (χ0v) is 12.1. The number of amides is 1. The van der Waals surface area contributed by atoms with Gasteiger partial charge in [-0.3, -0.25) is 9.78 Å². The molecule has 1 aliphatic rings. The molecule has 7 heteroatoms. The Morgan fingerprint density at radius 1 is 1.14 bits per heavy atom. The Kier molecular flexibility index (Phi) is 2.90. The van der Waals surface area contributed by atoms with Crippen LogP contribution < -0.4 is 4.90 Å². The number of halogens is 1. The first-order valence-electron chi connectivity index (χ1n) is 6.65. The summed E-state index contributed by atoms with van der Waals surface area (Å²) in [6.07, 6.45) is 6.81. The summed E-state index contributed by atoms with van der Waals surface area (Å²) in [6.45, 7) is 0.487. The van der Waals surface area contributed by atoms with Gasteiger partial charge in [-0.05, 0) is 24.3 Å². The predicted octanol–water partition coefficient (Wildman–Crippen LogP) is 2.48. The molecule has 0 N–H and O–H groups in total. The number of carbonyl (C=O) groups excluding carboxylic acids is 1. The van der Waals surface area contributed by atoms with Gasteiger partial charge < -0.3 is 4.90 Å². The van der Waals surface area contributed by atoms with Gasteiger partial charge in [-0.15, -0.1) is 0 Å². The van der Waals surface area contributed by atoms with Crippen LogP contribution in [-0.4, -0.2) is 25.7 Å². The van der Waals surface area contributed by atoms with Gasteiger partial charge in [0.25, 0.3) is 5.91 Å². The SMILES string of the molecule is O=C1c2nn(-c3ccc(Cl)nc3)cc2CN1c1cccnc1. The van der Waals surface area contributed by atoms with E-state index in [0.29, 0.717) is 17.4 Å². The predicted molar refractivity (Wildman–Crippen MR) is 81.1 cm³/mol. The Morgan fingerprint density at radius 2 is 2.05 bits per heavy atom. The van der Waals surface area contributed by atoms with Crippen LogP contribution in [0.2, 0.25) is 5.15 Å². The topological polar surface area (TPSA) is 63.9 Å². The van der Waals surface area contributed by atoms with Crippen molar-refractivity contribution >= 4 is 23.2 Å². The summed E-state index contributed by atoms with van der Waals surface area (Å²) in [5.41, 5.74) is 2.87. The maximum absolute atomic E-state index is 12.5. The molecule has 108 valence electrons. The molecule has 3 aromatic rings. The molecule has 22 heavy (non-hydrogen) atoms. The van der Waals surface area contributed by atoms with Gasteiger partial charge in [0.2, 0.25) is 0 Å². The van der Waals surface area contributed by atoms with E-state index in [1.54, 1.807) is 46.4 Å². The highest BCUT2D eigenvalue weighted by molar-refractivity contribution is 6.29. The third kappa shape index (κ3) is 2.05. The summed E-state index contributed by atoms with van der Waals surface area (Å²) in [5, 5.41) is 4.79. The molecule has 0 saturated carbocycles. The quantitative estimate of drug-likeness (QED) is 0.682. The second-order valence-electron chi connectivity index (χ2n) is 4.89. The number of hydrogen-bond acceptors (Lipinski definition) is 4. The highest BCUT2D eigenvalue weighted by Crippen LogP contribution is 2.27. The van der Waals surface area contributed by atoms with Crippen LogP contribution >= 0.6 is 11.6 Å². The molecule has 0 aromatic carbocycles. The molecule has 4 rings (SSSR count). The van der Waals surface area contributed by atoms with Gasteiger partial charge in [0.15, 0.2) is 5.69 Å². The second-order valence-corrected chi connectivity index (χ2v) is 5.28. The lowest BCUT2D eigenvalue weighted by Crippen LogP contribution is -2.24. The molecule has 4 heterocycles. The van der Waals surface area contributed by atoms with Gasteiger partial charge in [-0.2, -0.15) is 5.10 Å². The molecule has 0 aliphatic carbocycles. The summed E-state index contributed by atoms with van der Waals surface area (Å²) in [5.74, 6) is -0.122. The molecule has 0 spiro atoms. The minimum atomic E-state index is -0.122. The highest BCUT2D eigenvalue weighted by atomic mass is 35.5. The lowest BCUT2D eigenvalue weighted by molar-refractivity contribution is 0.0991. The number of anilines is 1. The summed E-state index contributed by atoms with van der Waals surface area (Å²) in [7, 11) is 0. The first-order valence-corrected chi connectivity index (χ1v) is 7.02. The fourth-order valence-corrected chi connectivity index (χ4v) is 2.54. The van der Waals surface area contributed by atoms with Crippen LogP contribution in [0.1, 0.15) is 16.1 Å². The lowest BCUT2D eigenvalue weighted by atomic mass is 10.3. The zero-order valence-electron chi connectivity index (χ0n) is 11.3. The Bertz CT molecular complexity index is 844. The molecule has 0 fully saturated rings. The smallest absolute Gasteiger partial charge is 0.279 e. The van der Waals surface area contributed by atoms with Crippen LogP contribution in [0.4, 0.5) is 5.69 Å². The van der Waals surface area contributed by atoms with E-state index in [1.807, 2.05) is 12.3 Å². The highest BCUT2D eigenvalue weighted by Gasteiger charge is 2.32. The van der Waals surface area contributed by atoms with Gasteiger partial charge in [-0.1, -0.05) is 11.6 Å². The van der Waals surface area contributed by atoms with Crippen molar-refractivity contribution in [3.8, 4) is 5.69 Å². The number of fused-ring (bicyclic) bond motifs is 1. The fraction of sp³-hybridized carbons (Fsp3) is 0.0667. The molecule has 3 aromatic heterocycles. The average molecular weight is 312 g/mol. The number of rotatable bonds is 2. The van der Waals surface area contributed by atoms with Gasteiger partial charge in [0.1, 0.15) is 5.15 Å². The monoisotopic (exact) mass is 311 g/mol. The van der Waals surface area contributed by atoms with E-state index in [-0.39, 0.29) is 5.91 Å². The number of aromatic nitrogens is 4. The van der Waals surface area contributed by atoms with Crippen LogP contribution in [0.5, 0.6) is 0 Å². The van der Waals surface area contributed by atoms with Crippen LogP contribution in [0.15, 0.2) is 49.1 Å². The second kappa shape index (κ2) is 4.92. The van der Waals surface area contributed by atoms with Crippen LogP contribution in [0.3, 0.4) is 0 Å². The van der Waals surface area contributed by atoms with Crippen molar-refractivity contribution in [2.24, 2.45) is 0 Å². The fourth-order valence-electron chi connectivity index (χ4n) is 2.43. The van der Waals surface area contributed by atoms with Gasteiger partial charge in [-0.25, -0.2) is 9.67 Å². The van der Waals surface area contributed by atoms with Gasteiger partial charge in [0, 0.05) is 18.0 Å². The zero-order chi connectivity index (χ0) is 15.1. The van der Waals surface area contributed by atoms with Crippen molar-refractivity contribution in [3.63, 3.8) is 0 Å². The average Bonchev–Trinajstić information content (AvgIpc) is 3.09. The van der Waals surface area contributed by atoms with Gasteiger partial charge >= 0.3 is 0 Å². The van der Waals surface area contributed by atoms with Crippen molar-refractivity contribution in [3.05, 3.63) is 65.5 Å². The van der Waals surface area contributed by atoms with E-state index < -0.39 is 0 Å². The Balaban J connectivity index is 1.67. The first kappa shape index (κ1) is 13.0. The Labute approximate surface area is 131 Å². The van der Waals surface area contributed by atoms with Crippen molar-refractivity contribution in [1.82, 2.24) is 19.7 Å². The van der Waals surface area contributed by atoms with Crippen molar-refractivity contribution in [2.75, 3.05) is 4.90 Å². The number of hydrogen-bond donors (Lipinski definition) is 0. The van der Waals surface area contributed by atoms with E-state index in [4.69, 9.17) is 11.6 Å². The summed E-state index contributed by atoms with van der Waals surface area (Å²) in [6, 6.07) is 7.15. The molecular formula is C15H10ClN5O. The summed E-state index contributed by atoms with van der Waals surface area (Å²) in [4.78, 5) is 22.2. The first-order chi connectivity index (χ1) is 10.7. The van der Waals surface area contributed by atoms with Crippen molar-refractivity contribution in [1.29, 1.82) is 0 Å². The van der Waals surface area contributed by atoms with Crippen LogP contribution in [0, 0.1) is 0 Å². The minimum absolute atomic E-state index is 0.122. The van der Waals surface area contributed by atoms with Crippen LogP contribution in [0.25, 0.3) is 5.69 Å². The summed E-state index contributed by atoms with van der Waals surface area (Å²) >= 11 is 5.78. The number of carbonyl (C=O) groups is 1. The van der Waals surface area contributed by atoms with Crippen molar-refractivity contribution in [2.45, 2.75) is 6.54 Å².